The van der Waals surface area contributed by atoms with E-state index in [9.17, 15) is 0 Å². The highest BCUT2D eigenvalue weighted by Crippen LogP contribution is 2.27. The minimum Gasteiger partial charge on any atom is -0.356 e. The van der Waals surface area contributed by atoms with Gasteiger partial charge in [0.15, 0.2) is 5.76 Å². The van der Waals surface area contributed by atoms with Crippen molar-refractivity contribution in [2.45, 2.75) is 27.3 Å². The summed E-state index contributed by atoms with van der Waals surface area (Å²) in [4.78, 5) is 0. The predicted molar refractivity (Wildman–Crippen MR) is 78.5 cm³/mol. The highest BCUT2D eigenvalue weighted by molar-refractivity contribution is 9.10. The monoisotopic (exact) mass is 310 g/mol. The predicted octanol–water partition coefficient (Wildman–Crippen LogP) is 4.16. The maximum atomic E-state index is 5.37. The van der Waals surface area contributed by atoms with Crippen LogP contribution < -0.4 is 5.32 Å². The van der Waals surface area contributed by atoms with Gasteiger partial charge >= 0.3 is 0 Å². The molecule has 0 saturated heterocycles. The van der Waals surface area contributed by atoms with Crippen molar-refractivity contribution in [1.82, 2.24) is 10.5 Å². The fraction of sp³-hybridized carbons (Fsp3) is 0.357. The minimum absolute atomic E-state index is 0.765. The molecule has 0 atom stereocenters. The van der Waals surface area contributed by atoms with Gasteiger partial charge in [-0.25, -0.2) is 0 Å². The fourth-order valence-electron chi connectivity index (χ4n) is 1.60. The van der Waals surface area contributed by atoms with E-state index in [2.05, 4.69) is 26.4 Å². The molecule has 1 aromatic heterocycles. The van der Waals surface area contributed by atoms with Gasteiger partial charge in [0.2, 0.25) is 0 Å². The van der Waals surface area contributed by atoms with Crippen LogP contribution in [0.2, 0.25) is 0 Å². The van der Waals surface area contributed by atoms with E-state index in [1.54, 1.807) is 0 Å². The van der Waals surface area contributed by atoms with E-state index in [4.69, 9.17) is 4.52 Å². The molecule has 0 aliphatic heterocycles. The first-order valence-electron chi connectivity index (χ1n) is 6.08. The number of aromatic nitrogens is 1. The summed E-state index contributed by atoms with van der Waals surface area (Å²) in [5.74, 6) is 0.847. The first kappa shape index (κ1) is 14.9. The molecule has 0 bridgehead atoms. The van der Waals surface area contributed by atoms with Gasteiger partial charge < -0.3 is 9.84 Å². The van der Waals surface area contributed by atoms with Gasteiger partial charge in [-0.05, 0) is 26.1 Å². The van der Waals surface area contributed by atoms with E-state index < -0.39 is 0 Å². The van der Waals surface area contributed by atoms with Crippen molar-refractivity contribution < 1.29 is 4.52 Å². The van der Waals surface area contributed by atoms with Crippen LogP contribution in [0.3, 0.4) is 0 Å². The standard InChI is InChI=1S/C12H13BrN2O.C2H6/c1-8-11(7-14-2)12(16-15-8)9-3-5-10(13)6-4-9;1-2/h3-6,14H,7H2,1-2H3;1-2H3. The summed E-state index contributed by atoms with van der Waals surface area (Å²) in [5, 5.41) is 7.13. The molecule has 0 amide bonds. The number of nitrogens with one attached hydrogen (secondary N) is 1. The molecule has 0 saturated carbocycles. The van der Waals surface area contributed by atoms with Crippen molar-refractivity contribution in [3.05, 3.63) is 40.0 Å². The normalized spacial score (nSPS) is 9.83. The molecule has 0 aliphatic rings. The van der Waals surface area contributed by atoms with Gasteiger partial charge in [0.05, 0.1) is 5.69 Å². The summed E-state index contributed by atoms with van der Waals surface area (Å²) >= 11 is 3.41. The van der Waals surface area contributed by atoms with Gasteiger partial charge in [0, 0.05) is 22.1 Å². The Morgan fingerprint density at radius 3 is 2.39 bits per heavy atom. The molecule has 1 N–H and O–H groups in total. The van der Waals surface area contributed by atoms with Gasteiger partial charge in [-0.3, -0.25) is 0 Å². The Morgan fingerprint density at radius 1 is 1.22 bits per heavy atom. The molecule has 2 rings (SSSR count). The maximum absolute atomic E-state index is 5.37. The molecular weight excluding hydrogens is 292 g/mol. The summed E-state index contributed by atoms with van der Waals surface area (Å²) in [5.41, 5.74) is 3.10. The number of rotatable bonds is 3. The average Bonchev–Trinajstić information content (AvgIpc) is 2.76. The van der Waals surface area contributed by atoms with Crippen molar-refractivity contribution in [3.63, 3.8) is 0 Å². The van der Waals surface area contributed by atoms with Crippen LogP contribution in [-0.4, -0.2) is 12.2 Å². The molecule has 2 aromatic rings. The van der Waals surface area contributed by atoms with Gasteiger partial charge in [-0.15, -0.1) is 0 Å². The number of benzene rings is 1. The van der Waals surface area contributed by atoms with Gasteiger partial charge in [-0.1, -0.05) is 47.1 Å². The van der Waals surface area contributed by atoms with Crippen LogP contribution in [0.5, 0.6) is 0 Å². The molecule has 18 heavy (non-hydrogen) atoms. The highest BCUT2D eigenvalue weighted by atomic mass is 79.9. The van der Waals surface area contributed by atoms with E-state index in [-0.39, 0.29) is 0 Å². The van der Waals surface area contributed by atoms with Crippen LogP contribution in [-0.2, 0) is 6.54 Å². The second-order valence-electron chi connectivity index (χ2n) is 3.61. The molecule has 1 aromatic carbocycles. The largest absolute Gasteiger partial charge is 0.356 e. The maximum Gasteiger partial charge on any atom is 0.171 e. The molecule has 1 heterocycles. The SMILES string of the molecule is CC.CNCc1c(C)noc1-c1ccc(Br)cc1. The lowest BCUT2D eigenvalue weighted by atomic mass is 10.1. The van der Waals surface area contributed by atoms with Crippen LogP contribution in [0.4, 0.5) is 0 Å². The molecule has 0 aliphatic carbocycles. The third-order valence-electron chi connectivity index (χ3n) is 2.44. The lowest BCUT2D eigenvalue weighted by Crippen LogP contribution is -2.06. The zero-order valence-corrected chi connectivity index (χ0v) is 12.8. The Labute approximate surface area is 117 Å². The van der Waals surface area contributed by atoms with Crippen LogP contribution >= 0.6 is 15.9 Å². The summed E-state index contributed by atoms with van der Waals surface area (Å²) in [6.45, 7) is 6.72. The molecule has 0 radical (unpaired) electrons. The summed E-state index contributed by atoms with van der Waals surface area (Å²) in [7, 11) is 1.91. The number of nitrogens with zero attached hydrogens (tertiary/aromatic N) is 1. The van der Waals surface area contributed by atoms with Crippen molar-refractivity contribution in [1.29, 1.82) is 0 Å². The summed E-state index contributed by atoms with van der Waals surface area (Å²) in [6, 6.07) is 8.03. The van der Waals surface area contributed by atoms with Crippen molar-refractivity contribution in [3.8, 4) is 11.3 Å². The first-order chi connectivity index (χ1) is 8.72. The van der Waals surface area contributed by atoms with Crippen LogP contribution in [0, 0.1) is 6.92 Å². The topological polar surface area (TPSA) is 38.1 Å². The van der Waals surface area contributed by atoms with Crippen LogP contribution in [0.15, 0.2) is 33.3 Å². The molecular formula is C14H19BrN2O. The number of hydrogen-bond donors (Lipinski definition) is 1. The molecule has 98 valence electrons. The molecule has 4 heteroatoms. The Hall–Kier alpha value is -1.13. The highest BCUT2D eigenvalue weighted by Gasteiger charge is 2.13. The lowest BCUT2D eigenvalue weighted by Gasteiger charge is -2.01. The number of halogens is 1. The lowest BCUT2D eigenvalue weighted by molar-refractivity contribution is 0.426. The van der Waals surface area contributed by atoms with Gasteiger partial charge in [0.1, 0.15) is 0 Å². The third kappa shape index (κ3) is 3.43. The van der Waals surface area contributed by atoms with Crippen LogP contribution in [0.25, 0.3) is 11.3 Å². The van der Waals surface area contributed by atoms with Crippen molar-refractivity contribution in [2.24, 2.45) is 0 Å². The van der Waals surface area contributed by atoms with Crippen molar-refractivity contribution in [2.75, 3.05) is 7.05 Å². The number of aryl methyl sites for hydroxylation is 1. The molecule has 0 unspecified atom stereocenters. The second kappa shape index (κ2) is 7.34. The molecule has 3 nitrogen and oxygen atoms in total. The van der Waals surface area contributed by atoms with Gasteiger partial charge in [-0.2, -0.15) is 0 Å². The van der Waals surface area contributed by atoms with Crippen LogP contribution in [0.1, 0.15) is 25.1 Å². The van der Waals surface area contributed by atoms with E-state index in [1.807, 2.05) is 52.1 Å². The summed E-state index contributed by atoms with van der Waals surface area (Å²) in [6.07, 6.45) is 0. The Balaban J connectivity index is 0.000000771. The van der Waals surface area contributed by atoms with Crippen molar-refractivity contribution >= 4 is 15.9 Å². The number of hydrogen-bond acceptors (Lipinski definition) is 3. The minimum atomic E-state index is 0.765. The quantitative estimate of drug-likeness (QED) is 0.925. The molecule has 0 fully saturated rings. The zero-order valence-electron chi connectivity index (χ0n) is 11.2. The van der Waals surface area contributed by atoms with E-state index >= 15 is 0 Å². The third-order valence-corrected chi connectivity index (χ3v) is 2.97. The van der Waals surface area contributed by atoms with E-state index in [0.29, 0.717) is 0 Å². The Morgan fingerprint density at radius 2 is 1.83 bits per heavy atom. The van der Waals surface area contributed by atoms with E-state index in [0.717, 1.165) is 33.6 Å². The second-order valence-corrected chi connectivity index (χ2v) is 4.53. The molecule has 0 spiro atoms. The zero-order chi connectivity index (χ0) is 13.5. The Bertz CT molecular complexity index is 477. The average molecular weight is 311 g/mol. The van der Waals surface area contributed by atoms with Gasteiger partial charge in [0.25, 0.3) is 0 Å². The fourth-order valence-corrected chi connectivity index (χ4v) is 1.87. The van der Waals surface area contributed by atoms with E-state index in [1.165, 1.54) is 0 Å². The first-order valence-corrected chi connectivity index (χ1v) is 6.87. The smallest absolute Gasteiger partial charge is 0.171 e. The Kier molecular flexibility index (Phi) is 6.09. The summed E-state index contributed by atoms with van der Waals surface area (Å²) < 4.78 is 6.43.